The van der Waals surface area contributed by atoms with E-state index in [2.05, 4.69) is 15.2 Å². The molecule has 3 atom stereocenters. The molecule has 0 radical (unpaired) electrons. The summed E-state index contributed by atoms with van der Waals surface area (Å²) in [6, 6.07) is 21.4. The summed E-state index contributed by atoms with van der Waals surface area (Å²) >= 11 is 12.9. The van der Waals surface area contributed by atoms with E-state index in [1.54, 1.807) is 38.5 Å². The van der Waals surface area contributed by atoms with Crippen molar-refractivity contribution in [1.29, 1.82) is 0 Å². The van der Waals surface area contributed by atoms with Crippen LogP contribution in [0.15, 0.2) is 85.2 Å². The number of hydrogen-bond acceptors (Lipinski definition) is 9. The SMILES string of the molecule is COc1ccc([C@H](Cc2c(Cl)cncc2Cl)OC(=O)c2ccc(CNC(C(=O)O[C@H]3CN4CCC3CC4)c3ccccc3)cc2)cc1OC. The highest BCUT2D eigenvalue weighted by Crippen LogP contribution is 2.36. The zero-order valence-corrected chi connectivity index (χ0v) is 29.0. The lowest BCUT2D eigenvalue weighted by Gasteiger charge is -2.44. The minimum atomic E-state index is -0.750. The van der Waals surface area contributed by atoms with Crippen LogP contribution in [0.1, 0.15) is 57.6 Å². The molecule has 3 aromatic carbocycles. The van der Waals surface area contributed by atoms with Gasteiger partial charge in [0.15, 0.2) is 11.5 Å². The third-order valence-corrected chi connectivity index (χ3v) is 9.95. The van der Waals surface area contributed by atoms with E-state index in [9.17, 15) is 9.59 Å². The molecule has 0 spiro atoms. The van der Waals surface area contributed by atoms with Crippen LogP contribution in [0.2, 0.25) is 10.0 Å². The molecular formula is C38H39Cl2N3O6. The Kier molecular flexibility index (Phi) is 11.4. The van der Waals surface area contributed by atoms with Crippen LogP contribution in [0, 0.1) is 5.92 Å². The zero-order valence-electron chi connectivity index (χ0n) is 27.4. The van der Waals surface area contributed by atoms with Crippen molar-refractivity contribution in [3.8, 4) is 11.5 Å². The largest absolute Gasteiger partial charge is 0.493 e. The number of piperidine rings is 3. The maximum atomic E-state index is 13.5. The van der Waals surface area contributed by atoms with Crippen LogP contribution in [0.25, 0.3) is 0 Å². The maximum Gasteiger partial charge on any atom is 0.338 e. The van der Waals surface area contributed by atoms with Gasteiger partial charge in [0.2, 0.25) is 0 Å². The number of ether oxygens (including phenoxy) is 4. The van der Waals surface area contributed by atoms with E-state index in [4.69, 9.17) is 42.1 Å². The Hall–Kier alpha value is -4.15. The average Bonchev–Trinajstić information content (AvgIpc) is 3.13. The summed E-state index contributed by atoms with van der Waals surface area (Å²) in [6.07, 6.45) is 4.51. The van der Waals surface area contributed by atoms with Crippen molar-refractivity contribution in [3.05, 3.63) is 123 Å². The summed E-state index contributed by atoms with van der Waals surface area (Å²) < 4.78 is 23.1. The molecular weight excluding hydrogens is 665 g/mol. The normalized spacial score (nSPS) is 19.5. The van der Waals surface area contributed by atoms with Gasteiger partial charge in [-0.2, -0.15) is 0 Å². The number of esters is 2. The van der Waals surface area contributed by atoms with Gasteiger partial charge in [0, 0.05) is 31.9 Å². The summed E-state index contributed by atoms with van der Waals surface area (Å²) in [5.74, 6) is 0.654. The summed E-state index contributed by atoms with van der Waals surface area (Å²) in [7, 11) is 3.09. The van der Waals surface area contributed by atoms with Crippen LogP contribution in [-0.4, -0.2) is 61.8 Å². The maximum absolute atomic E-state index is 13.5. The number of carbonyl (C=O) groups is 2. The summed E-state index contributed by atoms with van der Waals surface area (Å²) in [5.41, 5.74) is 3.37. The van der Waals surface area contributed by atoms with Crippen LogP contribution in [0.5, 0.6) is 11.5 Å². The van der Waals surface area contributed by atoms with Gasteiger partial charge < -0.3 is 18.9 Å². The average molecular weight is 705 g/mol. The van der Waals surface area contributed by atoms with E-state index in [0.717, 1.165) is 43.6 Å². The molecule has 4 aromatic rings. The summed E-state index contributed by atoms with van der Waals surface area (Å²) in [6.45, 7) is 3.34. The van der Waals surface area contributed by atoms with E-state index in [1.165, 1.54) is 12.4 Å². The van der Waals surface area contributed by atoms with Gasteiger partial charge in [0.25, 0.3) is 0 Å². The molecule has 1 unspecified atom stereocenters. The minimum Gasteiger partial charge on any atom is -0.493 e. The van der Waals surface area contributed by atoms with Gasteiger partial charge in [0.05, 0.1) is 29.8 Å². The predicted molar refractivity (Wildman–Crippen MR) is 187 cm³/mol. The fourth-order valence-corrected chi connectivity index (χ4v) is 7.04. The highest BCUT2D eigenvalue weighted by molar-refractivity contribution is 6.35. The molecule has 0 amide bonds. The van der Waals surface area contributed by atoms with Gasteiger partial charge in [-0.1, -0.05) is 71.7 Å². The molecule has 3 aliphatic heterocycles. The lowest BCUT2D eigenvalue weighted by molar-refractivity contribution is -0.161. The van der Waals surface area contributed by atoms with Crippen molar-refractivity contribution in [2.75, 3.05) is 33.9 Å². The summed E-state index contributed by atoms with van der Waals surface area (Å²) in [4.78, 5) is 33.5. The van der Waals surface area contributed by atoms with E-state index < -0.39 is 18.1 Å². The molecule has 0 saturated carbocycles. The van der Waals surface area contributed by atoms with Crippen LogP contribution in [-0.2, 0) is 27.2 Å². The summed E-state index contributed by atoms with van der Waals surface area (Å²) in [5, 5.41) is 4.13. The highest BCUT2D eigenvalue weighted by atomic mass is 35.5. The topological polar surface area (TPSA) is 99.2 Å². The number of methoxy groups -OCH3 is 2. The fourth-order valence-electron chi connectivity index (χ4n) is 6.52. The standard InChI is InChI=1S/C38H39Cl2N3O6/c1-46-32-13-12-28(18-34(32)47-2)33(19-29-30(39)21-41-22-31(29)40)48-37(44)27-10-8-24(9-11-27)20-42-36(26-6-4-3-5-7-26)38(45)49-35-23-43-16-14-25(35)15-17-43/h3-13,18,21-22,25,33,35-36,42H,14-17,19-20,23H2,1-2H3/t33-,35-,36?/m0/s1. The molecule has 1 aromatic heterocycles. The Labute approximate surface area is 296 Å². The van der Waals surface area contributed by atoms with Crippen molar-refractivity contribution < 1.29 is 28.5 Å². The first-order chi connectivity index (χ1) is 23.8. The molecule has 1 N–H and O–H groups in total. The zero-order chi connectivity index (χ0) is 34.3. The van der Waals surface area contributed by atoms with Gasteiger partial charge in [-0.15, -0.1) is 0 Å². The number of fused-ring (bicyclic) bond motifs is 3. The Balaban J connectivity index is 1.15. The lowest BCUT2D eigenvalue weighted by Crippen LogP contribution is -2.52. The monoisotopic (exact) mass is 703 g/mol. The third kappa shape index (κ3) is 8.36. The molecule has 7 rings (SSSR count). The van der Waals surface area contributed by atoms with Crippen molar-refractivity contribution in [2.45, 2.75) is 44.1 Å². The number of aromatic nitrogens is 1. The molecule has 256 valence electrons. The van der Waals surface area contributed by atoms with Crippen LogP contribution >= 0.6 is 23.2 Å². The second kappa shape index (κ2) is 16.0. The van der Waals surface area contributed by atoms with Crippen LogP contribution < -0.4 is 14.8 Å². The molecule has 11 heteroatoms. The van der Waals surface area contributed by atoms with Gasteiger partial charge in [-0.3, -0.25) is 15.2 Å². The van der Waals surface area contributed by atoms with Gasteiger partial charge in [0.1, 0.15) is 18.2 Å². The molecule has 49 heavy (non-hydrogen) atoms. The van der Waals surface area contributed by atoms with E-state index in [0.29, 0.717) is 50.7 Å². The van der Waals surface area contributed by atoms with Gasteiger partial charge >= 0.3 is 11.9 Å². The van der Waals surface area contributed by atoms with Crippen LogP contribution in [0.4, 0.5) is 0 Å². The van der Waals surface area contributed by atoms with Crippen molar-refractivity contribution in [3.63, 3.8) is 0 Å². The Morgan fingerprint density at radius 2 is 1.59 bits per heavy atom. The van der Waals surface area contributed by atoms with E-state index in [-0.39, 0.29) is 18.5 Å². The Bertz CT molecular complexity index is 1730. The van der Waals surface area contributed by atoms with Crippen molar-refractivity contribution in [2.24, 2.45) is 5.92 Å². The van der Waals surface area contributed by atoms with Gasteiger partial charge in [-0.25, -0.2) is 9.59 Å². The van der Waals surface area contributed by atoms with E-state index >= 15 is 0 Å². The first-order valence-corrected chi connectivity index (χ1v) is 17.1. The minimum absolute atomic E-state index is 0.0817. The molecule has 3 aliphatic rings. The number of nitrogens with one attached hydrogen (secondary N) is 1. The van der Waals surface area contributed by atoms with E-state index in [1.807, 2.05) is 48.5 Å². The number of halogens is 2. The fraction of sp³-hybridized carbons (Fsp3) is 0.342. The first kappa shape index (κ1) is 34.7. The third-order valence-electron chi connectivity index (χ3n) is 9.30. The number of rotatable bonds is 13. The molecule has 0 aliphatic carbocycles. The number of carbonyl (C=O) groups excluding carboxylic acids is 2. The van der Waals surface area contributed by atoms with Crippen molar-refractivity contribution in [1.82, 2.24) is 15.2 Å². The number of pyridine rings is 1. The highest BCUT2D eigenvalue weighted by Gasteiger charge is 2.38. The number of nitrogens with zero attached hydrogens (tertiary/aromatic N) is 2. The van der Waals surface area contributed by atoms with Crippen LogP contribution in [0.3, 0.4) is 0 Å². The second-order valence-electron chi connectivity index (χ2n) is 12.3. The first-order valence-electron chi connectivity index (χ1n) is 16.3. The molecule has 4 heterocycles. The molecule has 2 bridgehead atoms. The van der Waals surface area contributed by atoms with Gasteiger partial charge in [-0.05, 0) is 78.4 Å². The van der Waals surface area contributed by atoms with Crippen molar-refractivity contribution >= 4 is 35.1 Å². The molecule has 3 saturated heterocycles. The second-order valence-corrected chi connectivity index (χ2v) is 13.1. The smallest absolute Gasteiger partial charge is 0.338 e. The predicted octanol–water partition coefficient (Wildman–Crippen LogP) is 7.01. The number of benzene rings is 3. The number of hydrogen-bond donors (Lipinski definition) is 1. The Morgan fingerprint density at radius 3 is 2.22 bits per heavy atom. The lowest BCUT2D eigenvalue weighted by atomic mass is 9.86. The molecule has 9 nitrogen and oxygen atoms in total. The molecule has 3 fully saturated rings. The quantitative estimate of drug-likeness (QED) is 0.147. The Morgan fingerprint density at radius 1 is 0.898 bits per heavy atom.